The Balaban J connectivity index is 1.40. The highest BCUT2D eigenvalue weighted by atomic mass is 32.2. The maximum atomic E-state index is 11.9. The Kier molecular flexibility index (Phi) is 9.39. The molecule has 0 aromatic rings. The summed E-state index contributed by atoms with van der Waals surface area (Å²) in [5.74, 6) is 1.08. The van der Waals surface area contributed by atoms with Crippen molar-refractivity contribution >= 4 is 29.8 Å². The normalized spacial score (nSPS) is 23.1. The average molecular weight is 429 g/mol. The van der Waals surface area contributed by atoms with Crippen LogP contribution in [0.3, 0.4) is 0 Å². The predicted molar refractivity (Wildman–Crippen MR) is 115 cm³/mol. The quantitative estimate of drug-likeness (QED) is 0.299. The number of hydrogen-bond acceptors (Lipinski definition) is 5. The summed E-state index contributed by atoms with van der Waals surface area (Å²) in [5, 5.41) is 12.1. The van der Waals surface area contributed by atoms with Crippen LogP contribution >= 0.6 is 11.8 Å². The number of thioether (sulfide) groups is 1. The minimum atomic E-state index is -0.476. The van der Waals surface area contributed by atoms with Crippen molar-refractivity contribution in [1.29, 1.82) is 0 Å². The lowest BCUT2D eigenvalue weighted by molar-refractivity contribution is -0.121. The number of hydrogen-bond donors (Lipinski definition) is 4. The van der Waals surface area contributed by atoms with E-state index in [1.54, 1.807) is 0 Å². The molecule has 0 aromatic carbocycles. The van der Waals surface area contributed by atoms with Gasteiger partial charge in [0.2, 0.25) is 5.91 Å². The number of urea groups is 1. The molecule has 4 N–H and O–H groups in total. The molecule has 2 rings (SSSR count). The van der Waals surface area contributed by atoms with Crippen molar-refractivity contribution in [3.05, 3.63) is 0 Å². The van der Waals surface area contributed by atoms with Crippen LogP contribution in [0, 0.1) is 0 Å². The summed E-state index contributed by atoms with van der Waals surface area (Å²) in [7, 11) is 0. The molecule has 0 spiro atoms. The van der Waals surface area contributed by atoms with E-state index in [-0.39, 0.29) is 30.1 Å². The number of fused-ring (bicyclic) bond motifs is 1. The minimum Gasteiger partial charge on any atom is -0.444 e. The Morgan fingerprint density at radius 1 is 1.07 bits per heavy atom. The van der Waals surface area contributed by atoms with Crippen LogP contribution in [0.1, 0.15) is 65.7 Å². The van der Waals surface area contributed by atoms with Crippen LogP contribution in [0.25, 0.3) is 0 Å². The van der Waals surface area contributed by atoms with Gasteiger partial charge in [-0.25, -0.2) is 9.59 Å². The van der Waals surface area contributed by atoms with Crippen LogP contribution in [-0.4, -0.2) is 59.8 Å². The zero-order valence-electron chi connectivity index (χ0n) is 17.8. The molecule has 4 amide bonds. The summed E-state index contributed by atoms with van der Waals surface area (Å²) in [6, 6.07) is 0.455. The lowest BCUT2D eigenvalue weighted by Crippen LogP contribution is -2.36. The summed E-state index contributed by atoms with van der Waals surface area (Å²) in [6.07, 6.45) is 5.78. The summed E-state index contributed by atoms with van der Waals surface area (Å²) >= 11 is 1.91. The molecule has 8 nitrogen and oxygen atoms in total. The number of carbonyl (C=O) groups is 3. The van der Waals surface area contributed by atoms with E-state index in [4.69, 9.17) is 4.74 Å². The second kappa shape index (κ2) is 11.5. The van der Waals surface area contributed by atoms with E-state index in [2.05, 4.69) is 21.3 Å². The molecule has 2 aliphatic rings. The highest BCUT2D eigenvalue weighted by molar-refractivity contribution is 8.00. The first-order valence-corrected chi connectivity index (χ1v) is 11.7. The van der Waals surface area contributed by atoms with Crippen LogP contribution in [0.5, 0.6) is 0 Å². The number of unbranched alkanes of at least 4 members (excludes halogenated alkanes) is 3. The summed E-state index contributed by atoms with van der Waals surface area (Å²) in [4.78, 5) is 34.8. The molecule has 0 radical (unpaired) electrons. The number of ether oxygens (including phenoxy) is 1. The summed E-state index contributed by atoms with van der Waals surface area (Å²) < 4.78 is 5.17. The molecule has 2 fully saturated rings. The molecule has 0 saturated carbocycles. The maximum Gasteiger partial charge on any atom is 0.407 e. The standard InChI is InChI=1S/C20H36N4O4S/c1-20(2,3)28-19(27)22-12-8-4-7-11-21-16(25)10-6-5-9-15-17-14(13-29-15)23-18(26)24-17/h14-15,17H,4-13H2,1-3H3,(H,21,25)(H,22,27)(H2,23,24,26)/t14-,15-,17-/m0/s1. The Morgan fingerprint density at radius 2 is 1.79 bits per heavy atom. The number of carbonyl (C=O) groups excluding carboxylic acids is 3. The van der Waals surface area contributed by atoms with E-state index in [9.17, 15) is 14.4 Å². The minimum absolute atomic E-state index is 0.0506. The topological polar surface area (TPSA) is 109 Å². The first kappa shape index (κ1) is 23.6. The second-order valence-corrected chi connectivity index (χ2v) is 9.98. The van der Waals surface area contributed by atoms with Crippen molar-refractivity contribution in [2.75, 3.05) is 18.8 Å². The van der Waals surface area contributed by atoms with E-state index in [1.165, 1.54) is 0 Å². The average Bonchev–Trinajstić information content (AvgIpc) is 3.15. The van der Waals surface area contributed by atoms with Crippen LogP contribution in [0.4, 0.5) is 9.59 Å². The van der Waals surface area contributed by atoms with Crippen LogP contribution < -0.4 is 21.3 Å². The van der Waals surface area contributed by atoms with Gasteiger partial charge in [0, 0.05) is 30.5 Å². The van der Waals surface area contributed by atoms with E-state index in [1.807, 2.05) is 32.5 Å². The van der Waals surface area contributed by atoms with Gasteiger partial charge in [0.1, 0.15) is 5.60 Å². The van der Waals surface area contributed by atoms with Gasteiger partial charge < -0.3 is 26.0 Å². The van der Waals surface area contributed by atoms with Gasteiger partial charge in [-0.2, -0.15) is 11.8 Å². The first-order chi connectivity index (χ1) is 13.7. The molecule has 2 heterocycles. The van der Waals surface area contributed by atoms with Gasteiger partial charge in [-0.1, -0.05) is 6.42 Å². The third-order valence-corrected chi connectivity index (χ3v) is 6.43. The molecule has 9 heteroatoms. The molecule has 2 saturated heterocycles. The lowest BCUT2D eigenvalue weighted by atomic mass is 10.0. The van der Waals surface area contributed by atoms with Gasteiger partial charge in [0.25, 0.3) is 0 Å². The second-order valence-electron chi connectivity index (χ2n) is 8.71. The number of alkyl carbamates (subject to hydrolysis) is 1. The zero-order chi connectivity index (χ0) is 21.3. The lowest BCUT2D eigenvalue weighted by Gasteiger charge is -2.19. The molecule has 2 aliphatic heterocycles. The van der Waals surface area contributed by atoms with Gasteiger partial charge in [-0.05, 0) is 52.9 Å². The van der Waals surface area contributed by atoms with Gasteiger partial charge >= 0.3 is 12.1 Å². The molecule has 166 valence electrons. The van der Waals surface area contributed by atoms with Crippen molar-refractivity contribution in [2.45, 2.75) is 88.7 Å². The SMILES string of the molecule is CC(C)(C)OC(=O)NCCCCCNC(=O)CCCC[C@@H]1SC[C@@H]2NC(=O)N[C@@H]21. The van der Waals surface area contributed by atoms with Crippen molar-refractivity contribution in [2.24, 2.45) is 0 Å². The van der Waals surface area contributed by atoms with Gasteiger partial charge in [0.15, 0.2) is 0 Å². The summed E-state index contributed by atoms with van der Waals surface area (Å²) in [6.45, 7) is 6.77. The number of rotatable bonds is 11. The van der Waals surface area contributed by atoms with Gasteiger partial charge in [0.05, 0.1) is 12.1 Å². The third-order valence-electron chi connectivity index (χ3n) is 4.92. The largest absolute Gasteiger partial charge is 0.444 e. The van der Waals surface area contributed by atoms with E-state index in [0.717, 1.165) is 44.3 Å². The van der Waals surface area contributed by atoms with E-state index >= 15 is 0 Å². The number of nitrogens with one attached hydrogen (secondary N) is 4. The molecule has 0 unspecified atom stereocenters. The first-order valence-electron chi connectivity index (χ1n) is 10.7. The Bertz CT molecular complexity index is 567. The number of amides is 4. The molecule has 0 aliphatic carbocycles. The van der Waals surface area contributed by atoms with Crippen molar-refractivity contribution in [3.63, 3.8) is 0 Å². The maximum absolute atomic E-state index is 11.9. The van der Waals surface area contributed by atoms with Crippen molar-refractivity contribution in [3.8, 4) is 0 Å². The Morgan fingerprint density at radius 3 is 2.52 bits per heavy atom. The van der Waals surface area contributed by atoms with Crippen LogP contribution in [0.15, 0.2) is 0 Å². The van der Waals surface area contributed by atoms with Crippen molar-refractivity contribution < 1.29 is 19.1 Å². The summed E-state index contributed by atoms with van der Waals surface area (Å²) in [5.41, 5.74) is -0.476. The molecule has 3 atom stereocenters. The Hall–Kier alpha value is -1.64. The highest BCUT2D eigenvalue weighted by Gasteiger charge is 2.42. The highest BCUT2D eigenvalue weighted by Crippen LogP contribution is 2.33. The monoisotopic (exact) mass is 428 g/mol. The fourth-order valence-electron chi connectivity index (χ4n) is 3.52. The smallest absolute Gasteiger partial charge is 0.407 e. The van der Waals surface area contributed by atoms with E-state index in [0.29, 0.717) is 24.8 Å². The third kappa shape index (κ3) is 9.14. The predicted octanol–water partition coefficient (Wildman–Crippen LogP) is 2.52. The van der Waals surface area contributed by atoms with Crippen LogP contribution in [-0.2, 0) is 9.53 Å². The molecule has 29 heavy (non-hydrogen) atoms. The molecular formula is C20H36N4O4S. The fourth-order valence-corrected chi connectivity index (χ4v) is 5.07. The molecule has 0 bridgehead atoms. The van der Waals surface area contributed by atoms with Crippen LogP contribution in [0.2, 0.25) is 0 Å². The Labute approximate surface area is 178 Å². The zero-order valence-corrected chi connectivity index (χ0v) is 18.7. The van der Waals surface area contributed by atoms with Gasteiger partial charge in [-0.15, -0.1) is 0 Å². The fraction of sp³-hybridized carbons (Fsp3) is 0.850. The molecule has 0 aromatic heterocycles. The van der Waals surface area contributed by atoms with Gasteiger partial charge in [-0.3, -0.25) is 4.79 Å². The van der Waals surface area contributed by atoms with E-state index < -0.39 is 5.60 Å². The molecular weight excluding hydrogens is 392 g/mol. The van der Waals surface area contributed by atoms with Crippen molar-refractivity contribution in [1.82, 2.24) is 21.3 Å².